The Kier molecular flexibility index (Phi) is 9.48. The molecule has 2 N–H and O–H groups in total. The van der Waals surface area contributed by atoms with Gasteiger partial charge in [0.05, 0.1) is 12.2 Å². The molecule has 0 radical (unpaired) electrons. The van der Waals surface area contributed by atoms with Crippen molar-refractivity contribution in [3.05, 3.63) is 89.0 Å². The van der Waals surface area contributed by atoms with Gasteiger partial charge in [-0.05, 0) is 61.7 Å². The van der Waals surface area contributed by atoms with Crippen LogP contribution in [0.1, 0.15) is 47.3 Å². The lowest BCUT2D eigenvalue weighted by Gasteiger charge is -2.14. The van der Waals surface area contributed by atoms with Crippen molar-refractivity contribution in [2.75, 3.05) is 11.9 Å². The van der Waals surface area contributed by atoms with Gasteiger partial charge in [-0.25, -0.2) is 0 Å². The van der Waals surface area contributed by atoms with Gasteiger partial charge in [0.1, 0.15) is 5.75 Å². The molecule has 5 heteroatoms. The fourth-order valence-corrected chi connectivity index (χ4v) is 2.90. The maximum atomic E-state index is 12.4. The fourth-order valence-electron chi connectivity index (χ4n) is 2.90. The summed E-state index contributed by atoms with van der Waals surface area (Å²) in [6.45, 7) is 9.91. The Bertz CT molecular complexity index is 1060. The zero-order valence-corrected chi connectivity index (χ0v) is 19.5. The number of amides is 2. The zero-order valence-electron chi connectivity index (χ0n) is 19.5. The number of aryl methyl sites for hydroxylation is 2. The minimum Gasteiger partial charge on any atom is -0.455 e. The minimum atomic E-state index is -0.329. The lowest BCUT2D eigenvalue weighted by Crippen LogP contribution is -2.33. The number of benzene rings is 3. The average molecular weight is 433 g/mol. The number of para-hydroxylation sites is 3. The number of nitrogens with one attached hydrogen (secondary N) is 2. The summed E-state index contributed by atoms with van der Waals surface area (Å²) in [5.41, 5.74) is 4.05. The van der Waals surface area contributed by atoms with Crippen molar-refractivity contribution in [3.63, 3.8) is 0 Å². The van der Waals surface area contributed by atoms with E-state index in [2.05, 4.69) is 24.5 Å². The molecule has 0 fully saturated rings. The Balaban J connectivity index is 0.00000114. The Labute approximate surface area is 190 Å². The smallest absolute Gasteiger partial charge is 0.251 e. The highest BCUT2D eigenvalue weighted by atomic mass is 16.5. The van der Waals surface area contributed by atoms with Crippen molar-refractivity contribution < 1.29 is 14.3 Å². The Morgan fingerprint density at radius 3 is 2.06 bits per heavy atom. The van der Waals surface area contributed by atoms with Gasteiger partial charge in [-0.2, -0.15) is 0 Å². The van der Waals surface area contributed by atoms with Crippen molar-refractivity contribution in [1.29, 1.82) is 0 Å². The predicted octanol–water partition coefficient (Wildman–Crippen LogP) is 6.19. The summed E-state index contributed by atoms with van der Waals surface area (Å²) in [5.74, 6) is 0.656. The first-order valence-electron chi connectivity index (χ1n) is 10.8. The number of hydrogen-bond donors (Lipinski definition) is 2. The van der Waals surface area contributed by atoms with E-state index in [1.165, 1.54) is 6.42 Å². The summed E-state index contributed by atoms with van der Waals surface area (Å²) in [6.07, 6.45) is 1.25. The maximum Gasteiger partial charge on any atom is 0.251 e. The topological polar surface area (TPSA) is 67.4 Å². The van der Waals surface area contributed by atoms with Crippen LogP contribution in [0.15, 0.2) is 66.7 Å². The highest BCUT2D eigenvalue weighted by Gasteiger charge is 2.13. The molecule has 0 aliphatic rings. The molecule has 0 aromatic heterocycles. The van der Waals surface area contributed by atoms with Crippen molar-refractivity contribution >= 4 is 17.5 Å². The van der Waals surface area contributed by atoms with E-state index >= 15 is 0 Å². The summed E-state index contributed by atoms with van der Waals surface area (Å²) < 4.78 is 5.96. The molecule has 168 valence electrons. The van der Waals surface area contributed by atoms with E-state index in [1.54, 1.807) is 18.2 Å². The van der Waals surface area contributed by atoms with Gasteiger partial charge >= 0.3 is 0 Å². The first-order chi connectivity index (χ1) is 15.4. The zero-order chi connectivity index (χ0) is 23.5. The van der Waals surface area contributed by atoms with Crippen LogP contribution in [0.4, 0.5) is 5.69 Å². The van der Waals surface area contributed by atoms with E-state index in [0.717, 1.165) is 22.4 Å². The van der Waals surface area contributed by atoms with Crippen molar-refractivity contribution in [2.24, 2.45) is 0 Å². The molecule has 2 amide bonds. The van der Waals surface area contributed by atoms with Crippen molar-refractivity contribution in [2.45, 2.75) is 41.0 Å². The molecule has 3 aromatic rings. The van der Waals surface area contributed by atoms with Gasteiger partial charge in [0, 0.05) is 5.56 Å². The van der Waals surface area contributed by atoms with E-state index < -0.39 is 0 Å². The maximum absolute atomic E-state index is 12.4. The average Bonchev–Trinajstić information content (AvgIpc) is 2.77. The van der Waals surface area contributed by atoms with Crippen LogP contribution in [0.2, 0.25) is 0 Å². The number of carbonyl (C=O) groups excluding carboxylic acids is 2. The SMILES string of the molecule is CCC.Cc1ccccc1Oc1ccccc1NC(=O)CNC(=O)c1cccc(C)c1C. The molecule has 0 spiro atoms. The summed E-state index contributed by atoms with van der Waals surface area (Å²) >= 11 is 0. The van der Waals surface area contributed by atoms with Crippen LogP contribution < -0.4 is 15.4 Å². The lowest BCUT2D eigenvalue weighted by atomic mass is 10.0. The van der Waals surface area contributed by atoms with Crippen LogP contribution >= 0.6 is 0 Å². The van der Waals surface area contributed by atoms with Gasteiger partial charge in [-0.15, -0.1) is 0 Å². The quantitative estimate of drug-likeness (QED) is 0.488. The van der Waals surface area contributed by atoms with E-state index in [9.17, 15) is 9.59 Å². The third-order valence-corrected chi connectivity index (χ3v) is 4.73. The molecule has 0 aliphatic carbocycles. The predicted molar refractivity (Wildman–Crippen MR) is 131 cm³/mol. The molecule has 0 atom stereocenters. The van der Waals surface area contributed by atoms with Gasteiger partial charge < -0.3 is 15.4 Å². The van der Waals surface area contributed by atoms with Crippen molar-refractivity contribution in [1.82, 2.24) is 5.32 Å². The summed E-state index contributed by atoms with van der Waals surface area (Å²) in [6, 6.07) is 20.4. The molecule has 0 heterocycles. The molecule has 0 bridgehead atoms. The highest BCUT2D eigenvalue weighted by Crippen LogP contribution is 2.30. The lowest BCUT2D eigenvalue weighted by molar-refractivity contribution is -0.115. The molecular formula is C27H32N2O3. The Hall–Kier alpha value is -3.60. The van der Waals surface area contributed by atoms with Crippen LogP contribution in [0.5, 0.6) is 11.5 Å². The standard InChI is InChI=1S/C24H24N2O3.C3H8/c1-16-10-8-11-19(18(16)3)24(28)25-15-23(27)26-20-12-5-7-14-22(20)29-21-13-6-4-9-17(21)2;1-3-2/h4-14H,15H2,1-3H3,(H,25,28)(H,26,27);3H2,1-2H3. The molecule has 32 heavy (non-hydrogen) atoms. The van der Waals surface area contributed by atoms with Gasteiger partial charge in [-0.1, -0.05) is 62.7 Å². The molecule has 0 saturated carbocycles. The first kappa shape index (κ1) is 24.7. The molecule has 3 aromatic carbocycles. The largest absolute Gasteiger partial charge is 0.455 e. The number of anilines is 1. The first-order valence-corrected chi connectivity index (χ1v) is 10.8. The number of carbonyl (C=O) groups is 2. The summed E-state index contributed by atoms with van der Waals surface area (Å²) in [7, 11) is 0. The second-order valence-electron chi connectivity index (χ2n) is 7.55. The van der Waals surface area contributed by atoms with E-state index in [0.29, 0.717) is 17.0 Å². The number of ether oxygens (including phenoxy) is 1. The van der Waals surface area contributed by atoms with Gasteiger partial charge in [0.2, 0.25) is 5.91 Å². The Morgan fingerprint density at radius 2 is 1.38 bits per heavy atom. The second-order valence-corrected chi connectivity index (χ2v) is 7.55. The van der Waals surface area contributed by atoms with Gasteiger partial charge in [-0.3, -0.25) is 9.59 Å². The van der Waals surface area contributed by atoms with Crippen LogP contribution in [-0.2, 0) is 4.79 Å². The van der Waals surface area contributed by atoms with Gasteiger partial charge in [0.25, 0.3) is 5.91 Å². The molecule has 0 saturated heterocycles. The molecule has 0 unspecified atom stereocenters. The molecule has 3 rings (SSSR count). The van der Waals surface area contributed by atoms with Crippen LogP contribution in [0.25, 0.3) is 0 Å². The fraction of sp³-hybridized carbons (Fsp3) is 0.259. The van der Waals surface area contributed by atoms with Crippen LogP contribution in [0, 0.1) is 20.8 Å². The monoisotopic (exact) mass is 432 g/mol. The summed E-state index contributed by atoms with van der Waals surface area (Å²) in [5, 5.41) is 5.48. The number of hydrogen-bond acceptors (Lipinski definition) is 3. The second kappa shape index (κ2) is 12.3. The number of rotatable bonds is 6. The molecule has 5 nitrogen and oxygen atoms in total. The van der Waals surface area contributed by atoms with Crippen molar-refractivity contribution in [3.8, 4) is 11.5 Å². The summed E-state index contributed by atoms with van der Waals surface area (Å²) in [4.78, 5) is 24.8. The highest BCUT2D eigenvalue weighted by molar-refractivity contribution is 6.00. The molecular weight excluding hydrogens is 400 g/mol. The third-order valence-electron chi connectivity index (χ3n) is 4.73. The van der Waals surface area contributed by atoms with E-state index in [4.69, 9.17) is 4.74 Å². The minimum absolute atomic E-state index is 0.134. The van der Waals surface area contributed by atoms with E-state index in [-0.39, 0.29) is 18.4 Å². The van der Waals surface area contributed by atoms with Crippen LogP contribution in [-0.4, -0.2) is 18.4 Å². The van der Waals surface area contributed by atoms with E-state index in [1.807, 2.05) is 69.3 Å². The Morgan fingerprint density at radius 1 is 0.781 bits per heavy atom. The third kappa shape index (κ3) is 6.98. The van der Waals surface area contributed by atoms with Gasteiger partial charge in [0.15, 0.2) is 5.75 Å². The normalized spacial score (nSPS) is 9.91. The molecule has 0 aliphatic heterocycles. The van der Waals surface area contributed by atoms with Crippen LogP contribution in [0.3, 0.4) is 0 Å².